The first-order valence-electron chi connectivity index (χ1n) is 5.23. The maximum absolute atomic E-state index is 10.4. The summed E-state index contributed by atoms with van der Waals surface area (Å²) in [4.78, 5) is 0. The Morgan fingerprint density at radius 1 is 1.00 bits per heavy atom. The molecular formula is C12H16O2. The summed E-state index contributed by atoms with van der Waals surface area (Å²) in [7, 11) is 0. The molecule has 2 N–H and O–H groups in total. The Morgan fingerprint density at radius 2 is 1.64 bits per heavy atom. The predicted octanol–water partition coefficient (Wildman–Crippen LogP) is 2.54. The van der Waals surface area contributed by atoms with Crippen molar-refractivity contribution in [3.05, 3.63) is 29.8 Å². The lowest BCUT2D eigenvalue weighted by Crippen LogP contribution is -2.28. The second kappa shape index (κ2) is 3.62. The Balaban J connectivity index is 2.32. The molecule has 0 spiro atoms. The largest absolute Gasteiger partial charge is 0.508 e. The van der Waals surface area contributed by atoms with Crippen molar-refractivity contribution >= 4 is 0 Å². The normalized spacial score (nSPS) is 20.6. The summed E-state index contributed by atoms with van der Waals surface area (Å²) in [6.45, 7) is 0. The van der Waals surface area contributed by atoms with Crippen LogP contribution in [-0.2, 0) is 5.60 Å². The molecule has 0 heterocycles. The van der Waals surface area contributed by atoms with E-state index in [1.165, 1.54) is 6.42 Å². The van der Waals surface area contributed by atoms with Gasteiger partial charge >= 0.3 is 0 Å². The Bertz CT molecular complexity index is 314. The molecular weight excluding hydrogens is 176 g/mol. The van der Waals surface area contributed by atoms with Crippen LogP contribution in [0, 0.1) is 0 Å². The van der Waals surface area contributed by atoms with Gasteiger partial charge in [0.05, 0.1) is 5.60 Å². The molecule has 14 heavy (non-hydrogen) atoms. The molecule has 1 saturated carbocycles. The van der Waals surface area contributed by atoms with E-state index in [0.717, 1.165) is 25.7 Å². The van der Waals surface area contributed by atoms with Crippen molar-refractivity contribution < 1.29 is 10.2 Å². The second-order valence-corrected chi connectivity index (χ2v) is 4.11. The Kier molecular flexibility index (Phi) is 2.46. The van der Waals surface area contributed by atoms with Gasteiger partial charge in [-0.3, -0.25) is 0 Å². The summed E-state index contributed by atoms with van der Waals surface area (Å²) in [5.41, 5.74) is -0.0939. The van der Waals surface area contributed by atoms with Crippen LogP contribution in [0.1, 0.15) is 37.7 Å². The lowest BCUT2D eigenvalue weighted by atomic mass is 9.79. The fourth-order valence-electron chi connectivity index (χ4n) is 2.27. The number of aromatic hydroxyl groups is 1. The van der Waals surface area contributed by atoms with Gasteiger partial charge in [0, 0.05) is 5.56 Å². The Hall–Kier alpha value is -1.02. The van der Waals surface area contributed by atoms with Gasteiger partial charge in [0.1, 0.15) is 5.75 Å². The van der Waals surface area contributed by atoms with Crippen LogP contribution in [0.25, 0.3) is 0 Å². The first-order chi connectivity index (χ1) is 6.72. The van der Waals surface area contributed by atoms with Crippen molar-refractivity contribution in [2.75, 3.05) is 0 Å². The maximum Gasteiger partial charge on any atom is 0.121 e. The molecule has 2 heteroatoms. The van der Waals surface area contributed by atoms with Crippen LogP contribution in [0.15, 0.2) is 24.3 Å². The van der Waals surface area contributed by atoms with Crippen LogP contribution in [0.2, 0.25) is 0 Å². The zero-order valence-electron chi connectivity index (χ0n) is 8.24. The molecule has 1 aliphatic carbocycles. The summed E-state index contributed by atoms with van der Waals surface area (Å²) < 4.78 is 0. The van der Waals surface area contributed by atoms with E-state index >= 15 is 0 Å². The standard InChI is InChI=1S/C12H16O2/c13-11-7-3-2-6-10(11)12(14)8-4-1-5-9-12/h2-3,6-7,13-14H,1,4-5,8-9H2. The highest BCUT2D eigenvalue weighted by molar-refractivity contribution is 5.36. The third-order valence-electron chi connectivity index (χ3n) is 3.09. The minimum absolute atomic E-state index is 0.219. The molecule has 1 fully saturated rings. The molecule has 2 rings (SSSR count). The lowest BCUT2D eigenvalue weighted by Gasteiger charge is -2.32. The average molecular weight is 192 g/mol. The van der Waals surface area contributed by atoms with Crippen molar-refractivity contribution in [2.24, 2.45) is 0 Å². The van der Waals surface area contributed by atoms with Crippen molar-refractivity contribution in [3.63, 3.8) is 0 Å². The van der Waals surface area contributed by atoms with E-state index in [4.69, 9.17) is 0 Å². The number of phenols is 1. The molecule has 1 aliphatic rings. The number of benzene rings is 1. The number of para-hydroxylation sites is 1. The first kappa shape index (κ1) is 9.53. The average Bonchev–Trinajstić information content (AvgIpc) is 2.19. The molecule has 0 unspecified atom stereocenters. The topological polar surface area (TPSA) is 40.5 Å². The summed E-state index contributed by atoms with van der Waals surface area (Å²) in [6, 6.07) is 7.11. The van der Waals surface area contributed by atoms with E-state index in [-0.39, 0.29) is 5.75 Å². The molecule has 0 amide bonds. The summed E-state index contributed by atoms with van der Waals surface area (Å²) in [5.74, 6) is 0.219. The lowest BCUT2D eigenvalue weighted by molar-refractivity contribution is -0.00251. The number of phenolic OH excluding ortho intramolecular Hbond substituents is 1. The minimum Gasteiger partial charge on any atom is -0.508 e. The van der Waals surface area contributed by atoms with Gasteiger partial charge < -0.3 is 10.2 Å². The predicted molar refractivity (Wildman–Crippen MR) is 55.1 cm³/mol. The molecule has 0 aromatic heterocycles. The van der Waals surface area contributed by atoms with E-state index in [0.29, 0.717) is 5.56 Å². The fraction of sp³-hybridized carbons (Fsp3) is 0.500. The van der Waals surface area contributed by atoms with Gasteiger partial charge in [-0.15, -0.1) is 0 Å². The van der Waals surface area contributed by atoms with Gasteiger partial charge in [0.2, 0.25) is 0 Å². The molecule has 0 radical (unpaired) electrons. The Labute approximate surface area is 84.2 Å². The van der Waals surface area contributed by atoms with Gasteiger partial charge in [0.15, 0.2) is 0 Å². The molecule has 0 saturated heterocycles. The number of hydrogen-bond acceptors (Lipinski definition) is 2. The van der Waals surface area contributed by atoms with Crippen LogP contribution in [0.4, 0.5) is 0 Å². The van der Waals surface area contributed by atoms with Crippen LogP contribution in [-0.4, -0.2) is 10.2 Å². The molecule has 0 atom stereocenters. The summed E-state index contributed by atoms with van der Waals surface area (Å²) in [6.07, 6.45) is 4.82. The van der Waals surface area contributed by atoms with Gasteiger partial charge in [-0.25, -0.2) is 0 Å². The van der Waals surface area contributed by atoms with Crippen molar-refractivity contribution in [1.29, 1.82) is 0 Å². The summed E-state index contributed by atoms with van der Waals surface area (Å²) in [5, 5.41) is 20.0. The van der Waals surface area contributed by atoms with Gasteiger partial charge in [-0.2, -0.15) is 0 Å². The van der Waals surface area contributed by atoms with Crippen molar-refractivity contribution in [1.82, 2.24) is 0 Å². The van der Waals surface area contributed by atoms with Crippen LogP contribution in [0.3, 0.4) is 0 Å². The van der Waals surface area contributed by atoms with Crippen molar-refractivity contribution in [2.45, 2.75) is 37.7 Å². The zero-order chi connectivity index (χ0) is 10.0. The molecule has 1 aromatic carbocycles. The third kappa shape index (κ3) is 1.62. The summed E-state index contributed by atoms with van der Waals surface area (Å²) >= 11 is 0. The third-order valence-corrected chi connectivity index (χ3v) is 3.09. The number of rotatable bonds is 1. The quantitative estimate of drug-likeness (QED) is 0.717. The van der Waals surface area contributed by atoms with Crippen LogP contribution >= 0.6 is 0 Å². The van der Waals surface area contributed by atoms with Gasteiger partial charge in [-0.05, 0) is 18.9 Å². The highest BCUT2D eigenvalue weighted by atomic mass is 16.3. The van der Waals surface area contributed by atoms with E-state index in [9.17, 15) is 10.2 Å². The molecule has 76 valence electrons. The second-order valence-electron chi connectivity index (χ2n) is 4.11. The highest BCUT2D eigenvalue weighted by Gasteiger charge is 2.32. The fourth-order valence-corrected chi connectivity index (χ4v) is 2.27. The van der Waals surface area contributed by atoms with E-state index in [1.807, 2.05) is 12.1 Å². The zero-order valence-corrected chi connectivity index (χ0v) is 8.24. The molecule has 1 aromatic rings. The van der Waals surface area contributed by atoms with Gasteiger partial charge in [-0.1, -0.05) is 37.5 Å². The van der Waals surface area contributed by atoms with E-state index < -0.39 is 5.60 Å². The monoisotopic (exact) mass is 192 g/mol. The van der Waals surface area contributed by atoms with E-state index in [2.05, 4.69) is 0 Å². The van der Waals surface area contributed by atoms with Gasteiger partial charge in [0.25, 0.3) is 0 Å². The van der Waals surface area contributed by atoms with Crippen LogP contribution in [0.5, 0.6) is 5.75 Å². The highest BCUT2D eigenvalue weighted by Crippen LogP contribution is 2.40. The molecule has 0 aliphatic heterocycles. The maximum atomic E-state index is 10.4. The Morgan fingerprint density at radius 3 is 2.29 bits per heavy atom. The SMILES string of the molecule is Oc1ccccc1C1(O)CCCCC1. The van der Waals surface area contributed by atoms with Crippen LogP contribution < -0.4 is 0 Å². The molecule has 0 bridgehead atoms. The first-order valence-corrected chi connectivity index (χ1v) is 5.23. The van der Waals surface area contributed by atoms with E-state index in [1.54, 1.807) is 12.1 Å². The number of hydrogen-bond donors (Lipinski definition) is 2. The smallest absolute Gasteiger partial charge is 0.121 e. The molecule has 2 nitrogen and oxygen atoms in total. The number of aliphatic hydroxyl groups is 1. The van der Waals surface area contributed by atoms with Crippen molar-refractivity contribution in [3.8, 4) is 5.75 Å². The minimum atomic E-state index is -0.788.